The molecule has 2 aromatic carbocycles. The van der Waals surface area contributed by atoms with Gasteiger partial charge in [-0.2, -0.15) is 0 Å². The molecule has 3 aromatic rings. The molecule has 0 radical (unpaired) electrons. The fourth-order valence-corrected chi connectivity index (χ4v) is 4.91. The fraction of sp³-hybridized carbons (Fsp3) is 0.417. The number of benzene rings is 2. The van der Waals surface area contributed by atoms with Crippen LogP contribution in [-0.2, 0) is 4.74 Å². The summed E-state index contributed by atoms with van der Waals surface area (Å²) in [6.45, 7) is 5.50. The lowest BCUT2D eigenvalue weighted by Gasteiger charge is -2.24. The molecule has 0 N–H and O–H groups in total. The highest BCUT2D eigenvalue weighted by Gasteiger charge is 2.29. The third-order valence-electron chi connectivity index (χ3n) is 5.58. The molecule has 1 amide bonds. The normalized spacial score (nSPS) is 16.1. The molecule has 164 valence electrons. The fourth-order valence-electron chi connectivity index (χ4n) is 3.91. The van der Waals surface area contributed by atoms with Gasteiger partial charge in [-0.25, -0.2) is 4.98 Å². The number of thiazole rings is 1. The average Bonchev–Trinajstić information content (AvgIpc) is 3.45. The second-order valence-electron chi connectivity index (χ2n) is 7.96. The second-order valence-corrected chi connectivity index (χ2v) is 8.97. The first-order valence-corrected chi connectivity index (χ1v) is 11.4. The van der Waals surface area contributed by atoms with Crippen LogP contribution >= 0.6 is 11.3 Å². The van der Waals surface area contributed by atoms with Crippen LogP contribution in [0.1, 0.15) is 48.5 Å². The molecule has 7 heteroatoms. The zero-order chi connectivity index (χ0) is 22.0. The van der Waals surface area contributed by atoms with Gasteiger partial charge in [0, 0.05) is 6.61 Å². The van der Waals surface area contributed by atoms with Gasteiger partial charge in [0.2, 0.25) is 0 Å². The summed E-state index contributed by atoms with van der Waals surface area (Å²) < 4.78 is 17.8. The molecule has 2 heterocycles. The minimum Gasteiger partial charge on any atom is -0.497 e. The van der Waals surface area contributed by atoms with Gasteiger partial charge in [0.05, 0.1) is 42.6 Å². The van der Waals surface area contributed by atoms with Gasteiger partial charge in [0.15, 0.2) is 5.13 Å². The number of hydrogen-bond donors (Lipinski definition) is 0. The van der Waals surface area contributed by atoms with E-state index in [-0.39, 0.29) is 12.0 Å². The number of amides is 1. The van der Waals surface area contributed by atoms with E-state index >= 15 is 0 Å². The number of ether oxygens (including phenoxy) is 3. The highest BCUT2D eigenvalue weighted by atomic mass is 32.1. The number of carbonyl (C=O) groups excluding carboxylic acids is 1. The lowest BCUT2D eigenvalue weighted by Crippen LogP contribution is -2.37. The molecule has 1 atom stereocenters. The standard InChI is InChI=1S/C24H28N2O4S/c1-15(2)18-8-5-9-21-22(18)25-24(31-21)26(14-17-7-6-12-30-17)23(27)19-13-16(28-3)10-11-20(19)29-4/h5,8-11,13,15,17H,6-7,12,14H2,1-4H3. The van der Waals surface area contributed by atoms with Gasteiger partial charge in [0.25, 0.3) is 5.91 Å². The molecule has 0 bridgehead atoms. The predicted molar refractivity (Wildman–Crippen MR) is 124 cm³/mol. The summed E-state index contributed by atoms with van der Waals surface area (Å²) in [5, 5.41) is 0.675. The first-order chi connectivity index (χ1) is 15.0. The van der Waals surface area contributed by atoms with Gasteiger partial charge in [-0.15, -0.1) is 0 Å². The van der Waals surface area contributed by atoms with Gasteiger partial charge in [-0.3, -0.25) is 9.69 Å². The highest BCUT2D eigenvalue weighted by molar-refractivity contribution is 7.22. The van der Waals surface area contributed by atoms with E-state index in [0.29, 0.717) is 34.7 Å². The molecule has 1 unspecified atom stereocenters. The van der Waals surface area contributed by atoms with Crippen LogP contribution in [0.5, 0.6) is 11.5 Å². The number of anilines is 1. The van der Waals surface area contributed by atoms with Gasteiger partial charge in [0.1, 0.15) is 11.5 Å². The van der Waals surface area contributed by atoms with Crippen molar-refractivity contribution in [1.29, 1.82) is 0 Å². The third-order valence-corrected chi connectivity index (χ3v) is 6.63. The van der Waals surface area contributed by atoms with E-state index in [0.717, 1.165) is 29.7 Å². The molecular weight excluding hydrogens is 412 g/mol. The van der Waals surface area contributed by atoms with Gasteiger partial charge >= 0.3 is 0 Å². The maximum absolute atomic E-state index is 13.8. The van der Waals surface area contributed by atoms with E-state index in [1.54, 1.807) is 37.3 Å². The molecule has 0 saturated carbocycles. The zero-order valence-corrected chi connectivity index (χ0v) is 19.2. The van der Waals surface area contributed by atoms with Crippen molar-refractivity contribution in [3.63, 3.8) is 0 Å². The molecule has 0 spiro atoms. The van der Waals surface area contributed by atoms with E-state index in [1.165, 1.54) is 16.9 Å². The summed E-state index contributed by atoms with van der Waals surface area (Å²) in [6.07, 6.45) is 1.94. The SMILES string of the molecule is COc1ccc(OC)c(C(=O)N(CC2CCCO2)c2nc3c(C(C)C)cccc3s2)c1. The molecule has 1 saturated heterocycles. The Morgan fingerprint density at radius 3 is 2.77 bits per heavy atom. The number of fused-ring (bicyclic) bond motifs is 1. The van der Waals surface area contributed by atoms with Crippen molar-refractivity contribution in [3.05, 3.63) is 47.5 Å². The summed E-state index contributed by atoms with van der Waals surface area (Å²) in [5.74, 6) is 1.29. The summed E-state index contributed by atoms with van der Waals surface area (Å²) in [6, 6.07) is 11.5. The molecule has 4 rings (SSSR count). The quantitative estimate of drug-likeness (QED) is 0.501. The molecule has 6 nitrogen and oxygen atoms in total. The minimum atomic E-state index is -0.170. The Bertz CT molecular complexity index is 1070. The van der Waals surface area contributed by atoms with E-state index < -0.39 is 0 Å². The number of nitrogens with zero attached hydrogens (tertiary/aromatic N) is 2. The number of methoxy groups -OCH3 is 2. The number of rotatable bonds is 7. The molecule has 31 heavy (non-hydrogen) atoms. The van der Waals surface area contributed by atoms with E-state index in [4.69, 9.17) is 19.2 Å². The lowest BCUT2D eigenvalue weighted by atomic mass is 10.0. The lowest BCUT2D eigenvalue weighted by molar-refractivity contribution is 0.0914. The molecule has 1 aromatic heterocycles. The van der Waals surface area contributed by atoms with Gasteiger partial charge in [-0.1, -0.05) is 37.3 Å². The summed E-state index contributed by atoms with van der Waals surface area (Å²) in [5.41, 5.74) is 2.59. The first-order valence-electron chi connectivity index (χ1n) is 10.6. The number of aromatic nitrogens is 1. The van der Waals surface area contributed by atoms with E-state index in [2.05, 4.69) is 32.0 Å². The molecule has 1 aliphatic heterocycles. The Morgan fingerprint density at radius 2 is 2.10 bits per heavy atom. The molecular formula is C24H28N2O4S. The number of carbonyl (C=O) groups is 1. The van der Waals surface area contributed by atoms with Gasteiger partial charge < -0.3 is 14.2 Å². The van der Waals surface area contributed by atoms with Crippen LogP contribution in [0.2, 0.25) is 0 Å². The van der Waals surface area contributed by atoms with E-state index in [9.17, 15) is 4.79 Å². The van der Waals surface area contributed by atoms with Crippen LogP contribution in [0.4, 0.5) is 5.13 Å². The van der Waals surface area contributed by atoms with Crippen molar-refractivity contribution in [2.24, 2.45) is 0 Å². The van der Waals surface area contributed by atoms with Crippen molar-refractivity contribution in [2.45, 2.75) is 38.7 Å². The predicted octanol–water partition coefficient (Wildman–Crippen LogP) is 5.26. The van der Waals surface area contributed by atoms with Crippen LogP contribution in [0, 0.1) is 0 Å². The summed E-state index contributed by atoms with van der Waals surface area (Å²) in [7, 11) is 3.15. The van der Waals surface area contributed by atoms with Crippen LogP contribution in [0.25, 0.3) is 10.2 Å². The summed E-state index contributed by atoms with van der Waals surface area (Å²) >= 11 is 1.53. The summed E-state index contributed by atoms with van der Waals surface area (Å²) in [4.78, 5) is 20.4. The van der Waals surface area contributed by atoms with Crippen molar-refractivity contribution < 1.29 is 19.0 Å². The average molecular weight is 441 g/mol. The maximum atomic E-state index is 13.8. The third kappa shape index (κ3) is 4.38. The van der Waals surface area contributed by atoms with Crippen molar-refractivity contribution >= 4 is 32.6 Å². The molecule has 1 fully saturated rings. The largest absolute Gasteiger partial charge is 0.497 e. The Labute approximate surface area is 186 Å². The number of hydrogen-bond acceptors (Lipinski definition) is 6. The minimum absolute atomic E-state index is 0.00265. The van der Waals surface area contributed by atoms with Crippen LogP contribution in [0.3, 0.4) is 0 Å². The molecule has 1 aliphatic rings. The topological polar surface area (TPSA) is 60.9 Å². The Kier molecular flexibility index (Phi) is 6.43. The number of para-hydroxylation sites is 1. The highest BCUT2D eigenvalue weighted by Crippen LogP contribution is 2.36. The Hall–Kier alpha value is -2.64. The second kappa shape index (κ2) is 9.24. The first kappa shape index (κ1) is 21.6. The monoisotopic (exact) mass is 440 g/mol. The van der Waals surface area contributed by atoms with E-state index in [1.807, 2.05) is 0 Å². The van der Waals surface area contributed by atoms with Crippen molar-refractivity contribution in [3.8, 4) is 11.5 Å². The van der Waals surface area contributed by atoms with Crippen molar-refractivity contribution in [2.75, 3.05) is 32.3 Å². The zero-order valence-electron chi connectivity index (χ0n) is 18.4. The van der Waals surface area contributed by atoms with Crippen LogP contribution < -0.4 is 14.4 Å². The van der Waals surface area contributed by atoms with Crippen LogP contribution in [0.15, 0.2) is 36.4 Å². The smallest absolute Gasteiger partial charge is 0.264 e. The van der Waals surface area contributed by atoms with Crippen LogP contribution in [-0.4, -0.2) is 44.4 Å². The maximum Gasteiger partial charge on any atom is 0.264 e. The van der Waals surface area contributed by atoms with Gasteiger partial charge in [-0.05, 0) is 48.6 Å². The Morgan fingerprint density at radius 1 is 1.26 bits per heavy atom. The molecule has 0 aliphatic carbocycles. The van der Waals surface area contributed by atoms with Crippen molar-refractivity contribution in [1.82, 2.24) is 4.98 Å². The Balaban J connectivity index is 1.79.